The smallest absolute Gasteiger partial charge is 0.272 e. The molecular formula is C21H17N3O4S. The summed E-state index contributed by atoms with van der Waals surface area (Å²) in [7, 11) is 0. The number of amides is 2. The zero-order chi connectivity index (χ0) is 20.8. The Morgan fingerprint density at radius 3 is 2.55 bits per heavy atom. The molecule has 0 aliphatic rings. The van der Waals surface area contributed by atoms with Gasteiger partial charge in [-0.25, -0.2) is 0 Å². The van der Waals surface area contributed by atoms with Crippen LogP contribution in [-0.2, 0) is 4.79 Å². The van der Waals surface area contributed by atoms with Crippen LogP contribution in [0.2, 0.25) is 0 Å². The highest BCUT2D eigenvalue weighted by Gasteiger charge is 2.17. The van der Waals surface area contributed by atoms with Crippen LogP contribution in [0.15, 0.2) is 71.7 Å². The van der Waals surface area contributed by atoms with Crippen molar-refractivity contribution in [2.24, 2.45) is 0 Å². The van der Waals surface area contributed by atoms with Crippen LogP contribution in [0, 0.1) is 17.0 Å². The van der Waals surface area contributed by atoms with Gasteiger partial charge < -0.3 is 10.6 Å². The molecular weight excluding hydrogens is 390 g/mol. The molecule has 2 amide bonds. The maximum absolute atomic E-state index is 12.9. The molecule has 3 aromatic rings. The van der Waals surface area contributed by atoms with E-state index in [0.717, 1.165) is 5.56 Å². The first-order valence-corrected chi connectivity index (χ1v) is 9.50. The lowest BCUT2D eigenvalue weighted by Gasteiger charge is -2.12. The number of hydrogen-bond donors (Lipinski definition) is 2. The van der Waals surface area contributed by atoms with Gasteiger partial charge >= 0.3 is 0 Å². The minimum Gasteiger partial charge on any atom is -0.320 e. The summed E-state index contributed by atoms with van der Waals surface area (Å²) >= 11 is 1.24. The molecule has 29 heavy (non-hydrogen) atoms. The third-order valence-corrected chi connectivity index (χ3v) is 4.89. The van der Waals surface area contributed by atoms with Crippen molar-refractivity contribution in [1.29, 1.82) is 0 Å². The highest BCUT2D eigenvalue weighted by atomic mass is 32.1. The summed E-state index contributed by atoms with van der Waals surface area (Å²) in [6.45, 7) is 1.85. The fourth-order valence-corrected chi connectivity index (χ4v) is 3.17. The Morgan fingerprint density at radius 1 is 1.07 bits per heavy atom. The average molecular weight is 407 g/mol. The highest BCUT2D eigenvalue weighted by molar-refractivity contribution is 7.12. The minimum atomic E-state index is -0.532. The Hall–Kier alpha value is -3.78. The Kier molecular flexibility index (Phi) is 6.16. The van der Waals surface area contributed by atoms with Gasteiger partial charge in [-0.2, -0.15) is 0 Å². The quantitative estimate of drug-likeness (QED) is 0.360. The number of rotatable bonds is 6. The normalized spacial score (nSPS) is 11.0. The summed E-state index contributed by atoms with van der Waals surface area (Å²) in [5, 5.41) is 18.2. The molecule has 0 saturated carbocycles. The van der Waals surface area contributed by atoms with Crippen molar-refractivity contribution < 1.29 is 14.5 Å². The second kappa shape index (κ2) is 8.94. The fourth-order valence-electron chi connectivity index (χ4n) is 2.55. The molecule has 0 saturated heterocycles. The van der Waals surface area contributed by atoms with Crippen LogP contribution in [0.3, 0.4) is 0 Å². The van der Waals surface area contributed by atoms with Crippen molar-refractivity contribution in [3.8, 4) is 0 Å². The van der Waals surface area contributed by atoms with E-state index < -0.39 is 16.7 Å². The van der Waals surface area contributed by atoms with Crippen molar-refractivity contribution >= 4 is 40.6 Å². The maximum atomic E-state index is 12.9. The number of para-hydroxylation sites is 1. The predicted octanol–water partition coefficient (Wildman–Crippen LogP) is 4.37. The number of nitrogens with zero attached hydrogens (tertiary/aromatic N) is 1. The first-order valence-electron chi connectivity index (χ1n) is 8.62. The Labute approximate surface area is 170 Å². The zero-order valence-corrected chi connectivity index (χ0v) is 16.2. The van der Waals surface area contributed by atoms with Crippen LogP contribution in [0.5, 0.6) is 0 Å². The number of anilines is 1. The summed E-state index contributed by atoms with van der Waals surface area (Å²) < 4.78 is 0. The molecule has 2 N–H and O–H groups in total. The summed E-state index contributed by atoms with van der Waals surface area (Å²) in [6.07, 6.45) is 1.41. The number of carbonyl (C=O) groups excluding carboxylic acids is 2. The number of nitrogens with one attached hydrogen (secondary N) is 2. The summed E-state index contributed by atoms with van der Waals surface area (Å²) in [5.41, 5.74) is 1.75. The van der Waals surface area contributed by atoms with Gasteiger partial charge in [0.1, 0.15) is 5.70 Å². The molecule has 0 bridgehead atoms. The minimum absolute atomic E-state index is 0.0212. The van der Waals surface area contributed by atoms with Crippen LogP contribution >= 0.6 is 11.3 Å². The molecule has 0 aliphatic heterocycles. The van der Waals surface area contributed by atoms with Crippen LogP contribution in [0.4, 0.5) is 11.4 Å². The van der Waals surface area contributed by atoms with Gasteiger partial charge in [-0.1, -0.05) is 36.4 Å². The number of hydrogen-bond acceptors (Lipinski definition) is 5. The van der Waals surface area contributed by atoms with E-state index in [0.29, 0.717) is 16.1 Å². The van der Waals surface area contributed by atoms with Gasteiger partial charge in [-0.15, -0.1) is 11.3 Å². The van der Waals surface area contributed by atoms with E-state index >= 15 is 0 Å². The maximum Gasteiger partial charge on any atom is 0.272 e. The van der Waals surface area contributed by atoms with Crippen LogP contribution in [-0.4, -0.2) is 16.7 Å². The molecule has 0 fully saturated rings. The third kappa shape index (κ3) is 5.14. The standard InChI is InChI=1S/C21H17N3O4S/c1-14-6-2-3-9-17(14)22-20(25)18(23-21(26)19-10-5-11-29-19)13-15-7-4-8-16(12-15)24(27)28/h2-13H,1H3,(H,22,25)(H,23,26). The number of benzene rings is 2. The topological polar surface area (TPSA) is 101 Å². The molecule has 0 spiro atoms. The number of thiophene rings is 1. The van der Waals surface area contributed by atoms with E-state index in [-0.39, 0.29) is 11.4 Å². The van der Waals surface area contributed by atoms with E-state index in [4.69, 9.17) is 0 Å². The molecule has 146 valence electrons. The lowest BCUT2D eigenvalue weighted by atomic mass is 10.1. The van der Waals surface area contributed by atoms with E-state index in [1.807, 2.05) is 19.1 Å². The fraction of sp³-hybridized carbons (Fsp3) is 0.0476. The van der Waals surface area contributed by atoms with Crippen LogP contribution < -0.4 is 10.6 Å². The highest BCUT2D eigenvalue weighted by Crippen LogP contribution is 2.18. The number of nitro groups is 1. The van der Waals surface area contributed by atoms with Crippen molar-refractivity contribution in [2.75, 3.05) is 5.32 Å². The number of non-ortho nitro benzene ring substituents is 1. The predicted molar refractivity (Wildman–Crippen MR) is 113 cm³/mol. The molecule has 0 atom stereocenters. The summed E-state index contributed by atoms with van der Waals surface area (Å²) in [4.78, 5) is 36.3. The van der Waals surface area contributed by atoms with Gasteiger partial charge in [0.15, 0.2) is 0 Å². The lowest BCUT2D eigenvalue weighted by molar-refractivity contribution is -0.384. The summed E-state index contributed by atoms with van der Waals surface area (Å²) in [5.74, 6) is -0.965. The van der Waals surface area contributed by atoms with E-state index in [9.17, 15) is 19.7 Å². The molecule has 7 nitrogen and oxygen atoms in total. The van der Waals surface area contributed by atoms with Gasteiger partial charge in [-0.05, 0) is 41.6 Å². The van der Waals surface area contributed by atoms with Gasteiger partial charge in [0, 0.05) is 17.8 Å². The number of aryl methyl sites for hydroxylation is 1. The summed E-state index contributed by atoms with van der Waals surface area (Å²) in [6, 6.07) is 16.4. The largest absolute Gasteiger partial charge is 0.320 e. The van der Waals surface area contributed by atoms with E-state index in [1.165, 1.54) is 35.6 Å². The second-order valence-corrected chi connectivity index (χ2v) is 7.06. The molecule has 8 heteroatoms. The molecule has 0 radical (unpaired) electrons. The molecule has 2 aromatic carbocycles. The van der Waals surface area contributed by atoms with Gasteiger partial charge in [0.2, 0.25) is 0 Å². The average Bonchev–Trinajstić information content (AvgIpc) is 3.24. The SMILES string of the molecule is Cc1ccccc1NC(=O)C(=Cc1cccc([N+](=O)[O-])c1)NC(=O)c1cccs1. The molecule has 0 aliphatic carbocycles. The molecule has 1 aromatic heterocycles. The Balaban J connectivity index is 1.93. The van der Waals surface area contributed by atoms with Crippen molar-refractivity contribution in [1.82, 2.24) is 5.32 Å². The number of nitro benzene ring substituents is 1. The van der Waals surface area contributed by atoms with Gasteiger partial charge in [0.25, 0.3) is 17.5 Å². The van der Waals surface area contributed by atoms with E-state index in [2.05, 4.69) is 10.6 Å². The van der Waals surface area contributed by atoms with Crippen molar-refractivity contribution in [3.63, 3.8) is 0 Å². The first-order chi connectivity index (χ1) is 13.9. The molecule has 3 rings (SSSR count). The first kappa shape index (κ1) is 20.0. The number of carbonyl (C=O) groups is 2. The molecule has 0 unspecified atom stereocenters. The van der Waals surface area contributed by atoms with Gasteiger partial charge in [0.05, 0.1) is 9.80 Å². The molecule has 1 heterocycles. The van der Waals surface area contributed by atoms with Crippen LogP contribution in [0.25, 0.3) is 6.08 Å². The monoisotopic (exact) mass is 407 g/mol. The Bertz CT molecular complexity index is 1090. The second-order valence-electron chi connectivity index (χ2n) is 6.11. The van der Waals surface area contributed by atoms with Gasteiger partial charge in [-0.3, -0.25) is 19.7 Å². The van der Waals surface area contributed by atoms with Crippen molar-refractivity contribution in [3.05, 3.63) is 97.9 Å². The third-order valence-electron chi connectivity index (χ3n) is 4.02. The van der Waals surface area contributed by atoms with Crippen molar-refractivity contribution in [2.45, 2.75) is 6.92 Å². The lowest BCUT2D eigenvalue weighted by Crippen LogP contribution is -2.30. The Morgan fingerprint density at radius 2 is 1.86 bits per heavy atom. The van der Waals surface area contributed by atoms with Crippen LogP contribution in [0.1, 0.15) is 20.8 Å². The van der Waals surface area contributed by atoms with E-state index in [1.54, 1.807) is 35.7 Å². The zero-order valence-electron chi connectivity index (χ0n) is 15.4.